The molecule has 1 saturated heterocycles. The van der Waals surface area contributed by atoms with Gasteiger partial charge in [0.15, 0.2) is 5.69 Å². The minimum absolute atomic E-state index is 0.135. The Morgan fingerprint density at radius 1 is 1.35 bits per heavy atom. The van der Waals surface area contributed by atoms with Crippen LogP contribution in [0.25, 0.3) is 0 Å². The molecule has 5 nitrogen and oxygen atoms in total. The van der Waals surface area contributed by atoms with E-state index in [9.17, 15) is 4.79 Å². The van der Waals surface area contributed by atoms with Crippen LogP contribution in [-0.2, 0) is 19.4 Å². The summed E-state index contributed by atoms with van der Waals surface area (Å²) >= 11 is 1.86. The topological polar surface area (TPSA) is 50.2 Å². The third-order valence-electron chi connectivity index (χ3n) is 5.48. The van der Waals surface area contributed by atoms with Crippen molar-refractivity contribution in [3.63, 3.8) is 0 Å². The zero-order valence-corrected chi connectivity index (χ0v) is 16.8. The van der Waals surface area contributed by atoms with Crippen molar-refractivity contribution in [2.24, 2.45) is 0 Å². The lowest BCUT2D eigenvalue weighted by atomic mass is 9.91. The van der Waals surface area contributed by atoms with Crippen LogP contribution in [0.15, 0.2) is 12.7 Å². The fourth-order valence-corrected chi connectivity index (χ4v) is 4.42. The minimum atomic E-state index is 0.135. The smallest absolute Gasteiger partial charge is 0.274 e. The van der Waals surface area contributed by atoms with Crippen molar-refractivity contribution in [2.75, 3.05) is 31.6 Å². The van der Waals surface area contributed by atoms with Crippen LogP contribution < -0.4 is 5.32 Å². The third-order valence-corrected chi connectivity index (χ3v) is 6.10. The third kappa shape index (κ3) is 4.52. The Kier molecular flexibility index (Phi) is 7.20. The Hall–Kier alpha value is -1.27. The molecule has 26 heavy (non-hydrogen) atoms. The molecule has 3 rings (SSSR count). The van der Waals surface area contributed by atoms with Crippen LogP contribution in [0, 0.1) is 0 Å². The van der Waals surface area contributed by atoms with Gasteiger partial charge in [-0.25, -0.2) is 0 Å². The van der Waals surface area contributed by atoms with Crippen molar-refractivity contribution < 1.29 is 4.79 Å². The quantitative estimate of drug-likeness (QED) is 0.587. The second-order valence-electron chi connectivity index (χ2n) is 7.34. The summed E-state index contributed by atoms with van der Waals surface area (Å²) < 4.78 is 2.01. The highest BCUT2D eigenvalue weighted by Gasteiger charge is 2.30. The van der Waals surface area contributed by atoms with Gasteiger partial charge in [0.2, 0.25) is 0 Å². The van der Waals surface area contributed by atoms with Crippen molar-refractivity contribution in [1.29, 1.82) is 0 Å². The predicted octanol–water partition coefficient (Wildman–Crippen LogP) is 2.90. The van der Waals surface area contributed by atoms with Gasteiger partial charge in [-0.1, -0.05) is 18.9 Å². The van der Waals surface area contributed by atoms with Gasteiger partial charge in [0.1, 0.15) is 0 Å². The lowest BCUT2D eigenvalue weighted by Crippen LogP contribution is -2.37. The molecule has 6 heteroatoms. The highest BCUT2D eigenvalue weighted by molar-refractivity contribution is 7.98. The summed E-state index contributed by atoms with van der Waals surface area (Å²) in [7, 11) is 0. The Morgan fingerprint density at radius 2 is 2.12 bits per heavy atom. The van der Waals surface area contributed by atoms with Gasteiger partial charge in [0.25, 0.3) is 5.91 Å². The Balaban J connectivity index is 1.80. The first-order valence-corrected chi connectivity index (χ1v) is 11.3. The fourth-order valence-electron chi connectivity index (χ4n) is 4.10. The molecule has 1 unspecified atom stereocenters. The van der Waals surface area contributed by atoms with Crippen molar-refractivity contribution in [2.45, 2.75) is 57.5 Å². The molecule has 1 aromatic heterocycles. The minimum Gasteiger partial charge on any atom is -0.337 e. The summed E-state index contributed by atoms with van der Waals surface area (Å²) in [5, 5.41) is 8.40. The maximum atomic E-state index is 13.2. The number of amides is 1. The van der Waals surface area contributed by atoms with E-state index < -0.39 is 0 Å². The van der Waals surface area contributed by atoms with Crippen LogP contribution in [0.5, 0.6) is 0 Å². The van der Waals surface area contributed by atoms with E-state index in [1.807, 2.05) is 27.4 Å². The average molecular weight is 377 g/mol. The molecule has 2 aliphatic rings. The number of thioether (sulfide) groups is 1. The maximum absolute atomic E-state index is 13.2. The van der Waals surface area contributed by atoms with Crippen LogP contribution in [0.3, 0.4) is 0 Å². The first-order chi connectivity index (χ1) is 12.7. The Bertz CT molecular complexity index is 620. The van der Waals surface area contributed by atoms with Crippen LogP contribution >= 0.6 is 11.8 Å². The molecule has 1 aliphatic carbocycles. The number of allylic oxidation sites excluding steroid dienone is 1. The molecule has 1 aliphatic heterocycles. The molecule has 1 N–H and O–H groups in total. The number of nitrogens with zero attached hydrogens (tertiary/aromatic N) is 3. The number of nitrogens with one attached hydrogen (secondary N) is 1. The summed E-state index contributed by atoms with van der Waals surface area (Å²) in [5.41, 5.74) is 3.11. The van der Waals surface area contributed by atoms with Crippen molar-refractivity contribution in [1.82, 2.24) is 20.0 Å². The molecule has 0 bridgehead atoms. The summed E-state index contributed by atoms with van der Waals surface area (Å²) in [4.78, 5) is 15.2. The second-order valence-corrected chi connectivity index (χ2v) is 8.32. The van der Waals surface area contributed by atoms with Gasteiger partial charge in [-0.3, -0.25) is 9.48 Å². The van der Waals surface area contributed by atoms with Gasteiger partial charge in [0, 0.05) is 42.7 Å². The Labute approximate surface area is 161 Å². The monoisotopic (exact) mass is 376 g/mol. The number of likely N-dealkylation sites (tertiary alicyclic amines) is 1. The average Bonchev–Trinajstić information content (AvgIpc) is 2.83. The number of fused-ring (bicyclic) bond motifs is 1. The highest BCUT2D eigenvalue weighted by atomic mass is 32.2. The van der Waals surface area contributed by atoms with Crippen LogP contribution in [0.4, 0.5) is 0 Å². The maximum Gasteiger partial charge on any atom is 0.274 e. The van der Waals surface area contributed by atoms with E-state index in [0.717, 1.165) is 57.5 Å². The van der Waals surface area contributed by atoms with E-state index in [0.29, 0.717) is 18.3 Å². The molecular formula is C20H32N4OS. The molecule has 1 fully saturated rings. The van der Waals surface area contributed by atoms with Crippen LogP contribution in [0.1, 0.15) is 53.8 Å². The number of hydrogen-bond donors (Lipinski definition) is 1. The zero-order chi connectivity index (χ0) is 18.4. The fraction of sp³-hybridized carbons (Fsp3) is 0.700. The molecule has 0 saturated carbocycles. The summed E-state index contributed by atoms with van der Waals surface area (Å²) in [5.74, 6) is 1.26. The number of rotatable bonds is 7. The number of carbonyl (C=O) groups is 1. The molecule has 2 heterocycles. The largest absolute Gasteiger partial charge is 0.337 e. The van der Waals surface area contributed by atoms with Gasteiger partial charge in [0.05, 0.1) is 6.54 Å². The summed E-state index contributed by atoms with van der Waals surface area (Å²) in [6.45, 7) is 7.31. The van der Waals surface area contributed by atoms with Crippen LogP contribution in [-0.4, -0.2) is 58.3 Å². The molecule has 1 atom stereocenters. The molecular weight excluding hydrogens is 344 g/mol. The molecule has 0 radical (unpaired) electrons. The van der Waals surface area contributed by atoms with E-state index in [4.69, 9.17) is 5.10 Å². The second kappa shape index (κ2) is 9.60. The number of carbonyl (C=O) groups excluding carboxylic acids is 1. The normalized spacial score (nSPS) is 20.5. The van der Waals surface area contributed by atoms with Gasteiger partial charge in [-0.05, 0) is 38.4 Å². The molecule has 1 amide bonds. The Morgan fingerprint density at radius 3 is 2.81 bits per heavy atom. The molecule has 144 valence electrons. The van der Waals surface area contributed by atoms with E-state index in [-0.39, 0.29) is 5.91 Å². The SMILES string of the molecule is C=CCn1nc(C(=O)N2CCCCCC2)c2c1CCC(NCCSC)C2. The number of aromatic nitrogens is 2. The van der Waals surface area contributed by atoms with Gasteiger partial charge in [-0.2, -0.15) is 16.9 Å². The van der Waals surface area contributed by atoms with Crippen LogP contribution in [0.2, 0.25) is 0 Å². The number of hydrogen-bond acceptors (Lipinski definition) is 4. The van der Waals surface area contributed by atoms with E-state index in [2.05, 4.69) is 18.2 Å². The summed E-state index contributed by atoms with van der Waals surface area (Å²) in [6.07, 6.45) is 11.7. The summed E-state index contributed by atoms with van der Waals surface area (Å²) in [6, 6.07) is 0.451. The van der Waals surface area contributed by atoms with Gasteiger partial charge in [-0.15, -0.1) is 6.58 Å². The van der Waals surface area contributed by atoms with E-state index >= 15 is 0 Å². The molecule has 0 spiro atoms. The van der Waals surface area contributed by atoms with E-state index in [1.54, 1.807) is 0 Å². The first kappa shape index (κ1) is 19.5. The molecule has 1 aromatic rings. The standard InChI is InChI=1S/C20H32N4OS/c1-3-11-24-18-9-8-16(21-10-14-26-2)15-17(18)19(22-24)20(25)23-12-6-4-5-7-13-23/h3,16,21H,1,4-15H2,2H3. The lowest BCUT2D eigenvalue weighted by Gasteiger charge is -2.25. The lowest BCUT2D eigenvalue weighted by molar-refractivity contribution is 0.0753. The van der Waals surface area contributed by atoms with Crippen molar-refractivity contribution in [3.05, 3.63) is 29.6 Å². The van der Waals surface area contributed by atoms with Crippen molar-refractivity contribution in [3.8, 4) is 0 Å². The zero-order valence-electron chi connectivity index (χ0n) is 16.0. The van der Waals surface area contributed by atoms with Gasteiger partial charge < -0.3 is 10.2 Å². The van der Waals surface area contributed by atoms with E-state index in [1.165, 1.54) is 24.1 Å². The van der Waals surface area contributed by atoms with Crippen molar-refractivity contribution >= 4 is 17.7 Å². The highest BCUT2D eigenvalue weighted by Crippen LogP contribution is 2.26. The van der Waals surface area contributed by atoms with Gasteiger partial charge >= 0.3 is 0 Å². The predicted molar refractivity (Wildman–Crippen MR) is 109 cm³/mol. The molecule has 0 aromatic carbocycles. The first-order valence-electron chi connectivity index (χ1n) is 9.95.